The van der Waals surface area contributed by atoms with Gasteiger partial charge in [-0.25, -0.2) is 0 Å². The first-order valence-corrected chi connectivity index (χ1v) is 9.79. The minimum Gasteiger partial charge on any atom is -0.464 e. The maximum Gasteiger partial charge on any atom is 0.475 e. The highest BCUT2D eigenvalue weighted by Crippen LogP contribution is 2.53. The van der Waals surface area contributed by atoms with Gasteiger partial charge in [0, 0.05) is 5.56 Å². The van der Waals surface area contributed by atoms with Gasteiger partial charge in [-0.2, -0.15) is 0 Å². The minimum absolute atomic E-state index is 0.0743. The van der Waals surface area contributed by atoms with Gasteiger partial charge < -0.3 is 24.5 Å². The first kappa shape index (κ1) is 19.7. The van der Waals surface area contributed by atoms with Crippen molar-refractivity contribution >= 4 is 25.2 Å². The number of benzene rings is 1. The molecule has 2 aliphatic rings. The lowest BCUT2D eigenvalue weighted by molar-refractivity contribution is -0.127. The van der Waals surface area contributed by atoms with Crippen LogP contribution in [0, 0.1) is 5.92 Å². The van der Waals surface area contributed by atoms with E-state index in [2.05, 4.69) is 11.9 Å². The fraction of sp³-hybridized carbons (Fsp3) is 0.318. The van der Waals surface area contributed by atoms with Crippen molar-refractivity contribution in [3.05, 3.63) is 71.2 Å². The molecule has 2 bridgehead atoms. The molecule has 0 saturated carbocycles. The summed E-state index contributed by atoms with van der Waals surface area (Å²) >= 11 is 0. The van der Waals surface area contributed by atoms with Crippen LogP contribution in [0.4, 0.5) is 0 Å². The Kier molecular flexibility index (Phi) is 5.45. The number of nitrogens with one attached hydrogen (secondary N) is 1. The summed E-state index contributed by atoms with van der Waals surface area (Å²) < 4.78 is 11.5. The summed E-state index contributed by atoms with van der Waals surface area (Å²) in [5.74, 6) is -0.839. The number of ether oxygens (including phenoxy) is 1. The van der Waals surface area contributed by atoms with Crippen molar-refractivity contribution in [2.24, 2.45) is 5.92 Å². The molecule has 0 spiro atoms. The first-order valence-electron chi connectivity index (χ1n) is 9.79. The van der Waals surface area contributed by atoms with E-state index in [4.69, 9.17) is 9.15 Å². The zero-order chi connectivity index (χ0) is 20.5. The van der Waals surface area contributed by atoms with Crippen molar-refractivity contribution in [2.75, 3.05) is 0 Å². The summed E-state index contributed by atoms with van der Waals surface area (Å²) in [5.41, 5.74) is 3.78. The lowest BCUT2D eigenvalue weighted by atomic mass is 9.75. The molecule has 2 unspecified atom stereocenters. The summed E-state index contributed by atoms with van der Waals surface area (Å²) in [6.45, 7) is 5.62. The molecule has 3 heterocycles. The second-order valence-electron chi connectivity index (χ2n) is 7.49. The number of rotatable bonds is 7. The highest BCUT2D eigenvalue weighted by Gasteiger charge is 2.48. The molecular weight excluding hydrogens is 369 g/mol. The summed E-state index contributed by atoms with van der Waals surface area (Å²) in [6.07, 6.45) is 7.36. The third-order valence-electron chi connectivity index (χ3n) is 5.72. The van der Waals surface area contributed by atoms with E-state index < -0.39 is 13.1 Å². The Morgan fingerprint density at radius 3 is 2.83 bits per heavy atom. The Bertz CT molecular complexity index is 950. The quantitative estimate of drug-likeness (QED) is 0.630. The summed E-state index contributed by atoms with van der Waals surface area (Å²) in [7, 11) is -1.70. The Morgan fingerprint density at radius 1 is 1.38 bits per heavy atom. The van der Waals surface area contributed by atoms with E-state index in [0.717, 1.165) is 22.3 Å². The average molecular weight is 393 g/mol. The van der Waals surface area contributed by atoms with E-state index in [1.807, 2.05) is 43.3 Å². The van der Waals surface area contributed by atoms with E-state index in [-0.39, 0.29) is 30.5 Å². The van der Waals surface area contributed by atoms with Gasteiger partial charge >= 0.3 is 7.12 Å². The highest BCUT2D eigenvalue weighted by molar-refractivity contribution is 6.43. The van der Waals surface area contributed by atoms with Crippen LogP contribution in [0.25, 0.3) is 12.2 Å². The van der Waals surface area contributed by atoms with Crippen molar-refractivity contribution in [3.8, 4) is 0 Å². The smallest absolute Gasteiger partial charge is 0.464 e. The average Bonchev–Trinajstić information content (AvgIpc) is 3.41. The van der Waals surface area contributed by atoms with Crippen molar-refractivity contribution in [1.82, 2.24) is 5.32 Å². The van der Waals surface area contributed by atoms with Crippen LogP contribution in [0.2, 0.25) is 0 Å². The molecule has 2 aromatic rings. The highest BCUT2D eigenvalue weighted by atomic mass is 16.5. The SMILES string of the molecule is C=Cc1occ(C[C@H](NC(=O)C2CC3O[C@@H]2c2ccccc23)B(O)O)c1/C=C\C. The van der Waals surface area contributed by atoms with Crippen LogP contribution < -0.4 is 5.32 Å². The lowest BCUT2D eigenvalue weighted by Gasteiger charge is -2.24. The van der Waals surface area contributed by atoms with Crippen molar-refractivity contribution in [2.45, 2.75) is 37.9 Å². The van der Waals surface area contributed by atoms with Gasteiger partial charge in [0.1, 0.15) is 5.76 Å². The third-order valence-corrected chi connectivity index (χ3v) is 5.72. The van der Waals surface area contributed by atoms with E-state index in [0.29, 0.717) is 12.2 Å². The lowest BCUT2D eigenvalue weighted by Crippen LogP contribution is -2.50. The van der Waals surface area contributed by atoms with Crippen LogP contribution in [0.1, 0.15) is 53.6 Å². The Labute approximate surface area is 170 Å². The fourth-order valence-corrected chi connectivity index (χ4v) is 4.33. The molecule has 2 aliphatic heterocycles. The van der Waals surface area contributed by atoms with Crippen LogP contribution in [-0.2, 0) is 16.0 Å². The summed E-state index contributed by atoms with van der Waals surface area (Å²) in [4.78, 5) is 13.0. The molecule has 1 aromatic carbocycles. The Balaban J connectivity index is 1.50. The monoisotopic (exact) mass is 393 g/mol. The van der Waals surface area contributed by atoms with Crippen LogP contribution in [0.15, 0.2) is 47.6 Å². The molecule has 1 saturated heterocycles. The summed E-state index contributed by atoms with van der Waals surface area (Å²) in [5, 5.41) is 22.6. The molecule has 7 heteroatoms. The van der Waals surface area contributed by atoms with Crippen LogP contribution in [-0.4, -0.2) is 29.0 Å². The Hall–Kier alpha value is -2.61. The van der Waals surface area contributed by atoms with Gasteiger partial charge in [0.15, 0.2) is 0 Å². The molecule has 3 N–H and O–H groups in total. The molecule has 1 aromatic heterocycles. The molecule has 4 rings (SSSR count). The van der Waals surface area contributed by atoms with Crippen LogP contribution in [0.3, 0.4) is 0 Å². The standard InChI is InChI=1S/C22H24BNO5/c1-3-7-14-13(12-28-18(14)4-2)10-20(23(26)27)24-22(25)17-11-19-15-8-5-6-9-16(15)21(17)29-19/h3-9,12,17,19-21,26-27H,2,10-11H2,1H3,(H,24,25)/b7-3-/t17?,19?,20-,21+/m0/s1. The number of allylic oxidation sites excluding steroid dienone is 1. The molecule has 1 fully saturated rings. The zero-order valence-corrected chi connectivity index (χ0v) is 16.2. The van der Waals surface area contributed by atoms with Gasteiger partial charge in [-0.05, 0) is 42.5 Å². The molecule has 6 nitrogen and oxygen atoms in total. The predicted octanol–water partition coefficient (Wildman–Crippen LogP) is 2.83. The molecule has 1 amide bonds. The Morgan fingerprint density at radius 2 is 2.14 bits per heavy atom. The van der Waals surface area contributed by atoms with Crippen molar-refractivity contribution in [1.29, 1.82) is 0 Å². The third kappa shape index (κ3) is 3.57. The number of hydrogen-bond donors (Lipinski definition) is 3. The van der Waals surface area contributed by atoms with Gasteiger partial charge in [-0.3, -0.25) is 4.79 Å². The molecule has 0 radical (unpaired) electrons. The maximum absolute atomic E-state index is 13.0. The van der Waals surface area contributed by atoms with E-state index in [9.17, 15) is 14.8 Å². The predicted molar refractivity (Wildman–Crippen MR) is 110 cm³/mol. The molecule has 0 aliphatic carbocycles. The van der Waals surface area contributed by atoms with Crippen molar-refractivity contribution < 1.29 is 24.0 Å². The normalized spacial score (nSPS) is 23.2. The van der Waals surface area contributed by atoms with E-state index >= 15 is 0 Å². The maximum atomic E-state index is 13.0. The van der Waals surface area contributed by atoms with Gasteiger partial charge in [0.25, 0.3) is 0 Å². The van der Waals surface area contributed by atoms with Gasteiger partial charge in [-0.1, -0.05) is 43.0 Å². The number of carbonyl (C=O) groups is 1. The molecular formula is C22H24BNO5. The van der Waals surface area contributed by atoms with E-state index in [1.165, 1.54) is 0 Å². The summed E-state index contributed by atoms with van der Waals surface area (Å²) in [6, 6.07) is 7.94. The minimum atomic E-state index is -1.70. The largest absolute Gasteiger partial charge is 0.475 e. The van der Waals surface area contributed by atoms with Gasteiger partial charge in [0.05, 0.1) is 30.3 Å². The second kappa shape index (κ2) is 8.03. The van der Waals surface area contributed by atoms with Crippen LogP contribution >= 0.6 is 0 Å². The topological polar surface area (TPSA) is 91.9 Å². The van der Waals surface area contributed by atoms with E-state index in [1.54, 1.807) is 12.3 Å². The zero-order valence-electron chi connectivity index (χ0n) is 16.2. The number of carbonyl (C=O) groups excluding carboxylic acids is 1. The molecule has 29 heavy (non-hydrogen) atoms. The number of amides is 1. The van der Waals surface area contributed by atoms with Crippen LogP contribution in [0.5, 0.6) is 0 Å². The number of fused-ring (bicyclic) bond motifs is 5. The first-order chi connectivity index (χ1) is 14.0. The van der Waals surface area contributed by atoms with Crippen molar-refractivity contribution in [3.63, 3.8) is 0 Å². The van der Waals surface area contributed by atoms with Gasteiger partial charge in [0.2, 0.25) is 5.91 Å². The van der Waals surface area contributed by atoms with Gasteiger partial charge in [-0.15, -0.1) is 0 Å². The molecule has 150 valence electrons. The number of hydrogen-bond acceptors (Lipinski definition) is 5. The second-order valence-corrected chi connectivity index (χ2v) is 7.49. The molecule has 4 atom stereocenters. The fourth-order valence-electron chi connectivity index (χ4n) is 4.33. The number of furan rings is 1.